The number of hydrogen-bond donors (Lipinski definition) is 0. The fraction of sp³-hybridized carbons (Fsp3) is 0.625. The van der Waals surface area contributed by atoms with Gasteiger partial charge in [-0.1, -0.05) is 0 Å². The van der Waals surface area contributed by atoms with Gasteiger partial charge in [0, 0.05) is 45.1 Å². The van der Waals surface area contributed by atoms with E-state index in [-0.39, 0.29) is 17.9 Å². The van der Waals surface area contributed by atoms with Crippen molar-refractivity contribution in [2.45, 2.75) is 19.9 Å². The summed E-state index contributed by atoms with van der Waals surface area (Å²) in [6, 6.07) is 3.78. The summed E-state index contributed by atoms with van der Waals surface area (Å²) in [4.78, 5) is 27.0. The number of hydrogen-bond acceptors (Lipinski definition) is 6. The molecular weight excluding hydrogens is 292 g/mol. The van der Waals surface area contributed by atoms with Crippen molar-refractivity contribution < 1.29 is 4.79 Å². The van der Waals surface area contributed by atoms with Gasteiger partial charge in [0.25, 0.3) is 0 Å². The van der Waals surface area contributed by atoms with Crippen molar-refractivity contribution in [1.82, 2.24) is 19.8 Å². The molecule has 23 heavy (non-hydrogen) atoms. The summed E-state index contributed by atoms with van der Waals surface area (Å²) in [5.74, 6) is 0.751. The van der Waals surface area contributed by atoms with E-state index in [4.69, 9.17) is 5.26 Å². The number of piperazine rings is 1. The molecule has 0 unspecified atom stereocenters. The van der Waals surface area contributed by atoms with E-state index in [1.54, 1.807) is 18.5 Å². The highest BCUT2D eigenvalue weighted by Crippen LogP contribution is 2.12. The van der Waals surface area contributed by atoms with Gasteiger partial charge in [-0.2, -0.15) is 5.26 Å². The molecule has 1 fully saturated rings. The molecule has 1 aromatic heterocycles. The van der Waals surface area contributed by atoms with Crippen LogP contribution in [0.2, 0.25) is 0 Å². The maximum Gasteiger partial charge on any atom is 0.239 e. The Bertz CT molecular complexity index is 549. The van der Waals surface area contributed by atoms with E-state index >= 15 is 0 Å². The smallest absolute Gasteiger partial charge is 0.239 e. The fourth-order valence-corrected chi connectivity index (χ4v) is 2.67. The van der Waals surface area contributed by atoms with Gasteiger partial charge in [-0.15, -0.1) is 0 Å². The zero-order valence-corrected chi connectivity index (χ0v) is 14.0. The van der Waals surface area contributed by atoms with Gasteiger partial charge in [-0.05, 0) is 27.0 Å². The maximum atomic E-state index is 12.6. The first-order chi connectivity index (χ1) is 11.0. The monoisotopic (exact) mass is 316 g/mol. The highest BCUT2D eigenvalue weighted by molar-refractivity contribution is 5.81. The molecule has 0 aromatic carbocycles. The molecule has 2 atom stereocenters. The number of anilines is 1. The van der Waals surface area contributed by atoms with Crippen LogP contribution in [0.5, 0.6) is 0 Å². The second kappa shape index (κ2) is 7.88. The van der Waals surface area contributed by atoms with Crippen molar-refractivity contribution in [2.24, 2.45) is 5.92 Å². The number of amides is 1. The summed E-state index contributed by atoms with van der Waals surface area (Å²) in [6.07, 6.45) is 3.46. The first kappa shape index (κ1) is 17.2. The molecule has 7 nitrogen and oxygen atoms in total. The quantitative estimate of drug-likeness (QED) is 0.792. The Morgan fingerprint density at radius 3 is 2.48 bits per heavy atom. The minimum atomic E-state index is -0.217. The third kappa shape index (κ3) is 4.39. The van der Waals surface area contributed by atoms with Crippen LogP contribution < -0.4 is 4.90 Å². The van der Waals surface area contributed by atoms with Crippen LogP contribution in [0.1, 0.15) is 13.8 Å². The van der Waals surface area contributed by atoms with Crippen molar-refractivity contribution in [3.05, 3.63) is 18.5 Å². The Morgan fingerprint density at radius 2 is 1.91 bits per heavy atom. The number of nitrogens with zero attached hydrogens (tertiary/aromatic N) is 6. The van der Waals surface area contributed by atoms with Crippen molar-refractivity contribution in [1.29, 1.82) is 5.26 Å². The molecule has 0 N–H and O–H groups in total. The maximum absolute atomic E-state index is 12.6. The molecule has 1 aliphatic heterocycles. The first-order valence-corrected chi connectivity index (χ1v) is 7.93. The second-order valence-electron chi connectivity index (χ2n) is 6.01. The van der Waals surface area contributed by atoms with E-state index in [1.165, 1.54) is 0 Å². The second-order valence-corrected chi connectivity index (χ2v) is 6.01. The van der Waals surface area contributed by atoms with Crippen LogP contribution in [0.3, 0.4) is 0 Å². The fourth-order valence-electron chi connectivity index (χ4n) is 2.67. The SMILES string of the molecule is C[C@H](C#N)CN(C)[C@@H](C)C(=O)N1CCN(c2ncccn2)CC1. The molecule has 0 radical (unpaired) electrons. The van der Waals surface area contributed by atoms with Crippen molar-refractivity contribution in [3.8, 4) is 6.07 Å². The van der Waals surface area contributed by atoms with Crippen LogP contribution in [0.15, 0.2) is 18.5 Å². The molecule has 124 valence electrons. The van der Waals surface area contributed by atoms with E-state index in [2.05, 4.69) is 20.9 Å². The van der Waals surface area contributed by atoms with Crippen LogP contribution in [0.25, 0.3) is 0 Å². The predicted octanol–water partition coefficient (Wildman–Crippen LogP) is 0.605. The third-order valence-corrected chi connectivity index (χ3v) is 4.23. The molecule has 2 heterocycles. The zero-order chi connectivity index (χ0) is 16.8. The van der Waals surface area contributed by atoms with Gasteiger partial charge in [0.15, 0.2) is 0 Å². The Kier molecular flexibility index (Phi) is 5.88. The Labute approximate surface area is 137 Å². The number of likely N-dealkylation sites (N-methyl/N-ethyl adjacent to an activating group) is 1. The van der Waals surface area contributed by atoms with Crippen LogP contribution in [0.4, 0.5) is 5.95 Å². The summed E-state index contributed by atoms with van der Waals surface area (Å²) in [5, 5.41) is 8.90. The van der Waals surface area contributed by atoms with Crippen LogP contribution >= 0.6 is 0 Å². The summed E-state index contributed by atoms with van der Waals surface area (Å²) in [6.45, 7) is 7.18. The predicted molar refractivity (Wildman–Crippen MR) is 87.7 cm³/mol. The number of carbonyl (C=O) groups excluding carboxylic acids is 1. The molecule has 1 saturated heterocycles. The van der Waals surface area contributed by atoms with Gasteiger partial charge >= 0.3 is 0 Å². The van der Waals surface area contributed by atoms with Gasteiger partial charge in [-0.3, -0.25) is 9.69 Å². The molecule has 1 amide bonds. The lowest BCUT2D eigenvalue weighted by molar-refractivity contribution is -0.136. The molecule has 7 heteroatoms. The average molecular weight is 316 g/mol. The highest BCUT2D eigenvalue weighted by atomic mass is 16.2. The van der Waals surface area contributed by atoms with E-state index in [0.717, 1.165) is 13.1 Å². The van der Waals surface area contributed by atoms with Crippen molar-refractivity contribution in [3.63, 3.8) is 0 Å². The van der Waals surface area contributed by atoms with E-state index in [9.17, 15) is 4.79 Å². The lowest BCUT2D eigenvalue weighted by atomic mass is 10.1. The van der Waals surface area contributed by atoms with Gasteiger partial charge in [0.1, 0.15) is 0 Å². The standard InChI is InChI=1S/C16H24N6O/c1-13(11-17)12-20(3)14(2)15(23)21-7-9-22(10-8-21)16-18-5-4-6-19-16/h4-6,13-14H,7-10,12H2,1-3H3/t13-,14+/m1/s1. The topological polar surface area (TPSA) is 76.4 Å². The van der Waals surface area contributed by atoms with Gasteiger partial charge < -0.3 is 9.80 Å². The molecule has 2 rings (SSSR count). The van der Waals surface area contributed by atoms with E-state index < -0.39 is 0 Å². The van der Waals surface area contributed by atoms with Gasteiger partial charge in [-0.25, -0.2) is 9.97 Å². The van der Waals surface area contributed by atoms with Gasteiger partial charge in [0.05, 0.1) is 18.0 Å². The lowest BCUT2D eigenvalue weighted by Crippen LogP contribution is -2.54. The summed E-state index contributed by atoms with van der Waals surface area (Å²) in [7, 11) is 1.89. The van der Waals surface area contributed by atoms with Crippen LogP contribution in [-0.2, 0) is 4.79 Å². The van der Waals surface area contributed by atoms with Crippen molar-refractivity contribution >= 4 is 11.9 Å². The van der Waals surface area contributed by atoms with Crippen LogP contribution in [0, 0.1) is 17.2 Å². The number of carbonyl (C=O) groups is 1. The molecular formula is C16H24N6O. The number of aromatic nitrogens is 2. The summed E-state index contributed by atoms with van der Waals surface area (Å²) in [5.41, 5.74) is 0. The highest BCUT2D eigenvalue weighted by Gasteiger charge is 2.28. The Balaban J connectivity index is 1.87. The summed E-state index contributed by atoms with van der Waals surface area (Å²) >= 11 is 0. The van der Waals surface area contributed by atoms with E-state index in [1.807, 2.05) is 30.7 Å². The first-order valence-electron chi connectivity index (χ1n) is 7.93. The molecule has 0 aliphatic carbocycles. The lowest BCUT2D eigenvalue weighted by Gasteiger charge is -2.37. The normalized spacial score (nSPS) is 17.7. The van der Waals surface area contributed by atoms with E-state index in [0.29, 0.717) is 25.6 Å². The Morgan fingerprint density at radius 1 is 1.30 bits per heavy atom. The average Bonchev–Trinajstić information content (AvgIpc) is 2.61. The van der Waals surface area contributed by atoms with Crippen LogP contribution in [-0.4, -0.2) is 71.5 Å². The number of nitriles is 1. The van der Waals surface area contributed by atoms with Crippen molar-refractivity contribution in [2.75, 3.05) is 44.7 Å². The minimum absolute atomic E-state index is 0.0812. The Hall–Kier alpha value is -2.20. The number of rotatable bonds is 5. The minimum Gasteiger partial charge on any atom is -0.338 e. The molecule has 0 spiro atoms. The van der Waals surface area contributed by atoms with Gasteiger partial charge in [0.2, 0.25) is 11.9 Å². The molecule has 0 saturated carbocycles. The third-order valence-electron chi connectivity index (χ3n) is 4.23. The molecule has 1 aromatic rings. The zero-order valence-electron chi connectivity index (χ0n) is 14.0. The molecule has 0 bridgehead atoms. The molecule has 1 aliphatic rings. The summed E-state index contributed by atoms with van der Waals surface area (Å²) < 4.78 is 0. The largest absolute Gasteiger partial charge is 0.338 e.